The van der Waals surface area contributed by atoms with Crippen LogP contribution in [0.5, 0.6) is 0 Å². The molecule has 0 spiro atoms. The largest absolute Gasteiger partial charge is 1.00 e. The normalized spacial score (nSPS) is 13.3. The number of benzene rings is 4. The summed E-state index contributed by atoms with van der Waals surface area (Å²) in [5.74, 6) is -1.55. The Kier molecular flexibility index (Phi) is 17.5. The molecule has 1 aliphatic heterocycles. The molecule has 0 bridgehead atoms. The van der Waals surface area contributed by atoms with Crippen LogP contribution in [0.3, 0.4) is 0 Å². The Morgan fingerprint density at radius 3 is 1.93 bits per heavy atom. The van der Waals surface area contributed by atoms with Gasteiger partial charge in [0.2, 0.25) is 11.6 Å². The average Bonchev–Trinajstić information content (AvgIpc) is 4.10. The molecule has 1 fully saturated rings. The van der Waals surface area contributed by atoms with Gasteiger partial charge in [-0.15, -0.1) is 30.8 Å². The van der Waals surface area contributed by atoms with Crippen LogP contribution in [0, 0.1) is 42.9 Å². The molecular weight excluding hydrogens is 970 g/mol. The number of hydrogen-bond donors (Lipinski definition) is 3. The molecule has 15 nitrogen and oxygen atoms in total. The van der Waals surface area contributed by atoms with Gasteiger partial charge < -0.3 is 33.7 Å². The summed E-state index contributed by atoms with van der Waals surface area (Å²) in [5, 5.41) is 20.3. The topological polar surface area (TPSA) is 201 Å². The van der Waals surface area contributed by atoms with E-state index in [1.165, 1.54) is 18.2 Å². The molecule has 5 heterocycles. The van der Waals surface area contributed by atoms with Gasteiger partial charge in [0.1, 0.15) is 40.8 Å². The molecule has 4 aromatic heterocycles. The minimum absolute atomic E-state index is 0. The summed E-state index contributed by atoms with van der Waals surface area (Å²) in [6, 6.07) is 35.3. The van der Waals surface area contributed by atoms with Crippen LogP contribution in [0.2, 0.25) is 0 Å². The Balaban J connectivity index is 0.000000751. The first-order chi connectivity index (χ1) is 35.8. The van der Waals surface area contributed by atoms with Crippen LogP contribution >= 0.6 is 0 Å². The Morgan fingerprint density at radius 2 is 1.41 bits per heavy atom. The Morgan fingerprint density at radius 1 is 0.853 bits per heavy atom. The van der Waals surface area contributed by atoms with Crippen molar-refractivity contribution in [2.24, 2.45) is 5.14 Å². The van der Waals surface area contributed by atoms with E-state index in [1.54, 1.807) is 94.0 Å². The van der Waals surface area contributed by atoms with Gasteiger partial charge in [0, 0.05) is 40.6 Å². The average molecular weight is 1020 g/mol. The number of allylic oxidation sites excluding steroid dienone is 1. The minimum Gasteiger partial charge on any atom is -0.376 e. The van der Waals surface area contributed by atoms with Crippen LogP contribution in [-0.4, -0.2) is 81.8 Å². The first-order valence-corrected chi connectivity index (χ1v) is 24.5. The zero-order valence-electron chi connectivity index (χ0n) is 40.8. The summed E-state index contributed by atoms with van der Waals surface area (Å²) < 4.78 is 56.8. The van der Waals surface area contributed by atoms with Gasteiger partial charge in [0.15, 0.2) is 5.69 Å². The smallest absolute Gasteiger partial charge is 0.376 e. The van der Waals surface area contributed by atoms with Crippen LogP contribution in [0.1, 0.15) is 51.8 Å². The number of nitrogens with two attached hydrogens (primary N) is 1. The Bertz CT molecular complexity index is 3780. The number of carbonyl (C=O) groups excluding carboxylic acids is 3. The second-order valence-corrected chi connectivity index (χ2v) is 18.1. The summed E-state index contributed by atoms with van der Waals surface area (Å²) in [6.45, 7) is 9.46. The maximum atomic E-state index is 16.0. The predicted octanol–water partition coefficient (Wildman–Crippen LogP) is 5.47. The monoisotopic (exact) mass is 1020 g/mol. The Labute approximate surface area is 444 Å². The van der Waals surface area contributed by atoms with Gasteiger partial charge in [-0.3, -0.25) is 14.0 Å². The molecule has 1 atom stereocenters. The van der Waals surface area contributed by atoms with E-state index in [0.29, 0.717) is 91.4 Å². The number of rotatable bonds is 13. The van der Waals surface area contributed by atoms with Crippen LogP contribution in [0.15, 0.2) is 134 Å². The Hall–Kier alpha value is -8.34. The van der Waals surface area contributed by atoms with Gasteiger partial charge >= 0.3 is 24.9 Å². The fourth-order valence-electron chi connectivity index (χ4n) is 8.33. The quantitative estimate of drug-likeness (QED) is 0.0998. The number of nitrogens with zero attached hydrogens (tertiary/aromatic N) is 7. The summed E-state index contributed by atoms with van der Waals surface area (Å²) in [4.78, 5) is 50.8. The molecule has 1 aliphatic rings. The molecule has 4 N–H and O–H groups in total. The van der Waals surface area contributed by atoms with Crippen LogP contribution in [0.4, 0.5) is 8.78 Å². The number of aromatic nitrogens is 4. The van der Waals surface area contributed by atoms with E-state index in [-0.39, 0.29) is 50.1 Å². The molecule has 0 aliphatic carbocycles. The minimum atomic E-state index is -3.56. The SMILES string of the molecule is C/C=C/c1ccc(-c2ccccc2-c2nc3cc(C(=O)N[C@@H]4CCNC4=O)ccn3c2C#[N+]C/C=C/c2ccc(-c3ccccc3-c3nc4cc([C-]=O)ccn4c3C#N)c(F)c2)c(F)c1.[CH2-]CN(C[CH2-])S(N)(=O)=O.[Li+]. The van der Waals surface area contributed by atoms with Gasteiger partial charge in [0.25, 0.3) is 22.7 Å². The molecule has 9 rings (SSSR count). The molecule has 0 saturated carbocycles. The zero-order chi connectivity index (χ0) is 52.5. The molecule has 75 heavy (non-hydrogen) atoms. The molecule has 0 unspecified atom stereocenters. The number of nitriles is 1. The number of pyridine rings is 2. The molecular formula is C56H46F2LiN10O5S-. The third-order valence-electron chi connectivity index (χ3n) is 11.9. The van der Waals surface area contributed by atoms with Gasteiger partial charge in [-0.1, -0.05) is 95.9 Å². The van der Waals surface area contributed by atoms with Crippen LogP contribution in [-0.2, 0) is 19.8 Å². The van der Waals surface area contributed by atoms with Crippen molar-refractivity contribution in [3.05, 3.63) is 198 Å². The third-order valence-corrected chi connectivity index (χ3v) is 13.0. The number of carbonyl (C=O) groups is 2. The van der Waals surface area contributed by atoms with E-state index < -0.39 is 33.8 Å². The van der Waals surface area contributed by atoms with Gasteiger partial charge in [0.05, 0.1) is 11.9 Å². The van der Waals surface area contributed by atoms with E-state index in [9.17, 15) is 28.1 Å². The number of fused-ring (bicyclic) bond motifs is 2. The number of imidazole rings is 2. The van der Waals surface area contributed by atoms with Gasteiger partial charge in [-0.25, -0.2) is 28.2 Å². The maximum Gasteiger partial charge on any atom is 1.00 e. The van der Waals surface area contributed by atoms with E-state index in [0.717, 1.165) is 9.87 Å². The van der Waals surface area contributed by atoms with Crippen molar-refractivity contribution in [2.75, 3.05) is 26.2 Å². The number of hydrogen-bond acceptors (Lipinski definition) is 8. The molecule has 2 amide bonds. The van der Waals surface area contributed by atoms with Crippen molar-refractivity contribution in [3.8, 4) is 56.9 Å². The third kappa shape index (κ3) is 12.0. The second kappa shape index (κ2) is 24.1. The van der Waals surface area contributed by atoms with Crippen molar-refractivity contribution in [1.82, 2.24) is 33.7 Å². The fourth-order valence-corrected chi connectivity index (χ4v) is 8.84. The van der Waals surface area contributed by atoms with E-state index >= 15 is 8.78 Å². The number of amides is 2. The summed E-state index contributed by atoms with van der Waals surface area (Å²) in [7, 11) is -3.56. The van der Waals surface area contributed by atoms with Crippen molar-refractivity contribution in [2.45, 2.75) is 19.4 Å². The van der Waals surface area contributed by atoms with Crippen molar-refractivity contribution < 1.29 is 50.4 Å². The molecule has 372 valence electrons. The zero-order valence-corrected chi connectivity index (χ0v) is 41.6. The molecule has 0 radical (unpaired) electrons. The molecule has 4 aromatic carbocycles. The maximum absolute atomic E-state index is 16.0. The summed E-state index contributed by atoms with van der Waals surface area (Å²) in [6.07, 6.45) is 12.8. The first kappa shape index (κ1) is 54.4. The molecule has 19 heteroatoms. The van der Waals surface area contributed by atoms with Crippen LogP contribution < -0.4 is 34.6 Å². The first-order valence-electron chi connectivity index (χ1n) is 23.0. The predicted molar refractivity (Wildman–Crippen MR) is 281 cm³/mol. The molecule has 8 aromatic rings. The second-order valence-electron chi connectivity index (χ2n) is 16.6. The van der Waals surface area contributed by atoms with Crippen LogP contribution in [0.25, 0.3) is 73.1 Å². The number of nitrogens with one attached hydrogen (secondary N) is 2. The van der Waals surface area contributed by atoms with Crippen molar-refractivity contribution in [3.63, 3.8) is 0 Å². The molecule has 1 saturated heterocycles. The number of halogens is 2. The summed E-state index contributed by atoms with van der Waals surface area (Å²) >= 11 is 0. The van der Waals surface area contributed by atoms with Crippen molar-refractivity contribution >= 4 is 51.8 Å². The summed E-state index contributed by atoms with van der Waals surface area (Å²) in [5.41, 5.74) is 7.19. The van der Waals surface area contributed by atoms with E-state index in [4.69, 9.17) is 10.1 Å². The van der Waals surface area contributed by atoms with Crippen molar-refractivity contribution in [1.29, 1.82) is 5.26 Å². The van der Waals surface area contributed by atoms with Gasteiger partial charge in [-0.05, 0) is 72.1 Å². The van der Waals surface area contributed by atoms with Gasteiger partial charge in [-0.2, -0.15) is 13.7 Å². The van der Waals surface area contributed by atoms with E-state index in [2.05, 4.69) is 46.4 Å². The fraction of sp³-hybridized carbons (Fsp3) is 0.125. The van der Waals surface area contributed by atoms with E-state index in [1.807, 2.05) is 55.7 Å². The standard InChI is InChI=1S/C52H36F2N8O3.C4H10N2O2S.Li/c1-2-8-32-14-16-38(42(53)25-32)37-11-4-6-13-41(37)50-46(62-24-20-35(28-48(62)60-50)51(64)58-44-18-22-57-52(44)65)30-56-21-7-9-33-15-17-39(43(54)26-33)36-10-3-5-12-40(36)49-45(29-55)61-23-19-34(31-63)27-47(61)59-49;1-3-6(4-2)9(5,7)8;/h2-17,19-20,23-28,44H,18,21-22H2,1H3,(H,57,65)(H,58,64);1-4H2,(H2,5,7,8);/q;-2;+1/b8-2+,9-7+;;/t44-;;/m1../s1.